The second-order valence-corrected chi connectivity index (χ2v) is 7.38. The molecule has 0 amide bonds. The Morgan fingerprint density at radius 3 is 2.30 bits per heavy atom. The maximum Gasteiger partial charge on any atom is 0.328 e. The van der Waals surface area contributed by atoms with Crippen molar-refractivity contribution in [1.29, 1.82) is 0 Å². The number of halogens is 1. The van der Waals surface area contributed by atoms with Gasteiger partial charge in [0.2, 0.25) is 0 Å². The van der Waals surface area contributed by atoms with E-state index in [9.17, 15) is 9.59 Å². The second kappa shape index (κ2) is 12.5. The zero-order valence-electron chi connectivity index (χ0n) is 15.9. The molecule has 0 radical (unpaired) electrons. The summed E-state index contributed by atoms with van der Waals surface area (Å²) in [6.45, 7) is 9.07. The third-order valence-corrected chi connectivity index (χ3v) is 4.30. The van der Waals surface area contributed by atoms with Crippen molar-refractivity contribution in [2.45, 2.75) is 39.3 Å². The molecule has 0 aliphatic carbocycles. The van der Waals surface area contributed by atoms with Crippen LogP contribution in [0, 0.1) is 5.92 Å². The summed E-state index contributed by atoms with van der Waals surface area (Å²) in [5.74, 6) is -1.81. The van der Waals surface area contributed by atoms with Crippen LogP contribution in [0.2, 0.25) is 5.02 Å². The highest BCUT2D eigenvalue weighted by atomic mass is 35.5. The van der Waals surface area contributed by atoms with E-state index in [1.165, 1.54) is 18.4 Å². The summed E-state index contributed by atoms with van der Waals surface area (Å²) >= 11 is 6.09. The average molecular weight is 397 g/mol. The van der Waals surface area contributed by atoms with Crippen LogP contribution in [0.4, 0.5) is 0 Å². The van der Waals surface area contributed by atoms with Gasteiger partial charge < -0.3 is 15.5 Å². The Morgan fingerprint density at radius 1 is 1.22 bits per heavy atom. The minimum absolute atomic E-state index is 0.558. The summed E-state index contributed by atoms with van der Waals surface area (Å²) in [5.41, 5.74) is 1.33. The number of carbonyl (C=O) groups is 2. The maximum atomic E-state index is 9.55. The largest absolute Gasteiger partial charge is 0.478 e. The summed E-state index contributed by atoms with van der Waals surface area (Å²) in [4.78, 5) is 21.7. The molecule has 1 aromatic rings. The van der Waals surface area contributed by atoms with Crippen molar-refractivity contribution in [3.05, 3.63) is 47.0 Å². The molecule has 27 heavy (non-hydrogen) atoms. The van der Waals surface area contributed by atoms with E-state index >= 15 is 0 Å². The molecule has 1 aromatic carbocycles. The molecule has 0 aromatic heterocycles. The van der Waals surface area contributed by atoms with Crippen molar-refractivity contribution in [3.8, 4) is 0 Å². The molecule has 0 saturated carbocycles. The lowest BCUT2D eigenvalue weighted by molar-refractivity contribution is -0.134. The summed E-state index contributed by atoms with van der Waals surface area (Å²) < 4.78 is 0. The van der Waals surface area contributed by atoms with Gasteiger partial charge in [0.25, 0.3) is 0 Å². The minimum Gasteiger partial charge on any atom is -0.478 e. The van der Waals surface area contributed by atoms with Crippen LogP contribution in [0.15, 0.2) is 36.4 Å². The zero-order chi connectivity index (χ0) is 20.2. The van der Waals surface area contributed by atoms with E-state index in [4.69, 9.17) is 21.8 Å². The van der Waals surface area contributed by atoms with Crippen LogP contribution in [0.1, 0.15) is 32.3 Å². The van der Waals surface area contributed by atoms with Gasteiger partial charge in [0.1, 0.15) is 0 Å². The Morgan fingerprint density at radius 2 is 1.81 bits per heavy atom. The van der Waals surface area contributed by atoms with Gasteiger partial charge >= 0.3 is 11.9 Å². The zero-order valence-corrected chi connectivity index (χ0v) is 16.7. The van der Waals surface area contributed by atoms with Gasteiger partial charge in [0, 0.05) is 36.3 Å². The van der Waals surface area contributed by atoms with Crippen LogP contribution in [-0.4, -0.2) is 52.7 Å². The highest BCUT2D eigenvalue weighted by Gasteiger charge is 2.21. The monoisotopic (exact) mass is 396 g/mol. The maximum absolute atomic E-state index is 9.55. The molecule has 1 heterocycles. The lowest BCUT2D eigenvalue weighted by Crippen LogP contribution is -2.44. The fourth-order valence-electron chi connectivity index (χ4n) is 3.00. The number of carboxylic acid groups (broad SMARTS) is 2. The molecule has 0 bridgehead atoms. The van der Waals surface area contributed by atoms with E-state index in [2.05, 4.69) is 36.2 Å². The van der Waals surface area contributed by atoms with E-state index in [0.717, 1.165) is 31.2 Å². The number of carboxylic acids is 2. The number of piperidine rings is 1. The molecular weight excluding hydrogens is 368 g/mol. The topological polar surface area (TPSA) is 89.9 Å². The first-order valence-corrected chi connectivity index (χ1v) is 9.49. The number of nitrogens with zero attached hydrogens (tertiary/aromatic N) is 1. The first-order valence-electron chi connectivity index (χ1n) is 9.11. The van der Waals surface area contributed by atoms with Gasteiger partial charge in [0.05, 0.1) is 0 Å². The van der Waals surface area contributed by atoms with Crippen molar-refractivity contribution >= 4 is 23.5 Å². The average Bonchev–Trinajstić information content (AvgIpc) is 2.60. The molecule has 6 nitrogen and oxygen atoms in total. The van der Waals surface area contributed by atoms with E-state index < -0.39 is 11.9 Å². The fourth-order valence-corrected chi connectivity index (χ4v) is 3.21. The molecule has 1 fully saturated rings. The smallest absolute Gasteiger partial charge is 0.328 e. The SMILES string of the molecule is CC(C)CN(Cc1cccc(Cl)c1)C1CCNCC1.O=C(O)/C=C/C(=O)O. The van der Waals surface area contributed by atoms with Crippen molar-refractivity contribution in [3.63, 3.8) is 0 Å². The van der Waals surface area contributed by atoms with Crippen LogP contribution in [-0.2, 0) is 16.1 Å². The van der Waals surface area contributed by atoms with Crippen LogP contribution < -0.4 is 5.32 Å². The van der Waals surface area contributed by atoms with Crippen LogP contribution in [0.25, 0.3) is 0 Å². The predicted octanol–water partition coefficient (Wildman–Crippen LogP) is 3.26. The Kier molecular flexibility index (Phi) is 10.7. The number of rotatable bonds is 7. The van der Waals surface area contributed by atoms with Gasteiger partial charge in [-0.2, -0.15) is 0 Å². The van der Waals surface area contributed by atoms with Crippen LogP contribution in [0.3, 0.4) is 0 Å². The van der Waals surface area contributed by atoms with E-state index in [0.29, 0.717) is 24.1 Å². The Balaban J connectivity index is 0.000000387. The minimum atomic E-state index is -1.26. The number of benzene rings is 1. The number of hydrogen-bond acceptors (Lipinski definition) is 4. The molecule has 1 aliphatic heterocycles. The second-order valence-electron chi connectivity index (χ2n) is 6.94. The van der Waals surface area contributed by atoms with Gasteiger partial charge in [-0.3, -0.25) is 4.90 Å². The molecule has 0 spiro atoms. The van der Waals surface area contributed by atoms with E-state index in [1.807, 2.05) is 12.1 Å². The Bertz CT molecular complexity index is 612. The first kappa shape index (κ1) is 23.1. The van der Waals surface area contributed by atoms with Crippen molar-refractivity contribution in [2.75, 3.05) is 19.6 Å². The standard InChI is InChI=1S/C16H25ClN2.C4H4O4/c1-13(2)11-19(16-6-8-18-9-7-16)12-14-4-3-5-15(17)10-14;5-3(6)1-2-4(7)8/h3-5,10,13,16,18H,6-9,11-12H2,1-2H3;1-2H,(H,5,6)(H,7,8)/b;2-1+. The third-order valence-electron chi connectivity index (χ3n) is 4.07. The van der Waals surface area contributed by atoms with Crippen molar-refractivity contribution < 1.29 is 19.8 Å². The van der Waals surface area contributed by atoms with Gasteiger partial charge in [-0.25, -0.2) is 9.59 Å². The Hall–Kier alpha value is -1.89. The summed E-state index contributed by atoms with van der Waals surface area (Å²) in [7, 11) is 0. The quantitative estimate of drug-likeness (QED) is 0.613. The number of hydrogen-bond donors (Lipinski definition) is 3. The fraction of sp³-hybridized carbons (Fsp3) is 0.500. The van der Waals surface area contributed by atoms with Gasteiger partial charge in [-0.1, -0.05) is 37.6 Å². The molecule has 1 aliphatic rings. The summed E-state index contributed by atoms with van der Waals surface area (Å²) in [6, 6.07) is 8.98. The molecular formula is C20H29ClN2O4. The summed E-state index contributed by atoms with van der Waals surface area (Å²) in [6.07, 6.45) is 3.63. The highest BCUT2D eigenvalue weighted by Crippen LogP contribution is 2.19. The molecule has 0 atom stereocenters. The van der Waals surface area contributed by atoms with Crippen molar-refractivity contribution in [1.82, 2.24) is 10.2 Å². The molecule has 2 rings (SSSR count). The van der Waals surface area contributed by atoms with Crippen LogP contribution >= 0.6 is 11.6 Å². The normalized spacial score (nSPS) is 15.0. The third kappa shape index (κ3) is 10.8. The molecule has 1 saturated heterocycles. The van der Waals surface area contributed by atoms with Gasteiger partial charge in [-0.15, -0.1) is 0 Å². The van der Waals surface area contributed by atoms with Gasteiger partial charge in [0.15, 0.2) is 0 Å². The van der Waals surface area contributed by atoms with Crippen LogP contribution in [0.5, 0.6) is 0 Å². The number of nitrogens with one attached hydrogen (secondary N) is 1. The predicted molar refractivity (Wildman–Crippen MR) is 107 cm³/mol. The van der Waals surface area contributed by atoms with E-state index in [-0.39, 0.29) is 0 Å². The first-order chi connectivity index (χ1) is 12.8. The van der Waals surface area contributed by atoms with E-state index in [1.54, 1.807) is 0 Å². The Labute approximate surface area is 165 Å². The lowest BCUT2D eigenvalue weighted by atomic mass is 10.0. The highest BCUT2D eigenvalue weighted by molar-refractivity contribution is 6.30. The molecule has 0 unspecified atom stereocenters. The summed E-state index contributed by atoms with van der Waals surface area (Å²) in [5, 5.41) is 19.9. The number of aliphatic carboxylic acids is 2. The lowest BCUT2D eigenvalue weighted by Gasteiger charge is -2.35. The van der Waals surface area contributed by atoms with Crippen molar-refractivity contribution in [2.24, 2.45) is 5.92 Å². The van der Waals surface area contributed by atoms with Gasteiger partial charge in [-0.05, 0) is 49.5 Å². The molecule has 7 heteroatoms. The molecule has 150 valence electrons. The molecule has 3 N–H and O–H groups in total.